The normalized spacial score (nSPS) is 14.1. The predicted octanol–water partition coefficient (Wildman–Crippen LogP) is 3.33. The Morgan fingerprint density at radius 2 is 1.45 bits per heavy atom. The van der Waals surface area contributed by atoms with E-state index in [0.29, 0.717) is 55.6 Å². The first kappa shape index (κ1) is 20.7. The number of piperazine rings is 1. The third kappa shape index (κ3) is 5.28. The van der Waals surface area contributed by atoms with Crippen molar-refractivity contribution in [3.63, 3.8) is 0 Å². The highest BCUT2D eigenvalue weighted by Crippen LogP contribution is 2.18. The summed E-state index contributed by atoms with van der Waals surface area (Å²) >= 11 is 0. The molecule has 0 radical (unpaired) electrons. The Bertz CT molecular complexity index is 840. The molecule has 2 aromatic carbocycles. The van der Waals surface area contributed by atoms with Crippen molar-refractivity contribution in [3.05, 3.63) is 59.7 Å². The summed E-state index contributed by atoms with van der Waals surface area (Å²) in [6.07, 6.45) is 0. The van der Waals surface area contributed by atoms with E-state index in [4.69, 9.17) is 9.47 Å². The van der Waals surface area contributed by atoms with Gasteiger partial charge in [-0.1, -0.05) is 19.9 Å². The first-order chi connectivity index (χ1) is 14.0. The molecule has 1 heterocycles. The van der Waals surface area contributed by atoms with Crippen LogP contribution in [0.2, 0.25) is 0 Å². The molecule has 2 aromatic rings. The number of benzene rings is 2. The van der Waals surface area contributed by atoms with Crippen LogP contribution in [0.15, 0.2) is 48.5 Å². The van der Waals surface area contributed by atoms with E-state index in [-0.39, 0.29) is 11.8 Å². The van der Waals surface area contributed by atoms with Gasteiger partial charge in [-0.25, -0.2) is 0 Å². The lowest BCUT2D eigenvalue weighted by Crippen LogP contribution is -2.50. The summed E-state index contributed by atoms with van der Waals surface area (Å²) in [5.41, 5.74) is 1.24. The van der Waals surface area contributed by atoms with E-state index in [1.54, 1.807) is 53.3 Å². The molecule has 0 atom stereocenters. The van der Waals surface area contributed by atoms with Crippen molar-refractivity contribution in [1.29, 1.82) is 0 Å². The Morgan fingerprint density at radius 3 is 2.00 bits per heavy atom. The second-order valence-corrected chi connectivity index (χ2v) is 7.55. The molecule has 6 nitrogen and oxygen atoms in total. The molecule has 1 aliphatic rings. The van der Waals surface area contributed by atoms with E-state index in [1.165, 1.54) is 0 Å². The number of carbonyl (C=O) groups is 2. The smallest absolute Gasteiger partial charge is 0.254 e. The number of nitrogens with zero attached hydrogens (tertiary/aromatic N) is 2. The number of hydrogen-bond acceptors (Lipinski definition) is 4. The van der Waals surface area contributed by atoms with Gasteiger partial charge >= 0.3 is 0 Å². The van der Waals surface area contributed by atoms with E-state index in [2.05, 4.69) is 13.8 Å². The van der Waals surface area contributed by atoms with Crippen molar-refractivity contribution in [1.82, 2.24) is 9.80 Å². The Morgan fingerprint density at radius 1 is 0.862 bits per heavy atom. The van der Waals surface area contributed by atoms with Gasteiger partial charge in [-0.05, 0) is 48.4 Å². The molecule has 0 unspecified atom stereocenters. The Kier molecular flexibility index (Phi) is 6.75. The van der Waals surface area contributed by atoms with Gasteiger partial charge in [0.25, 0.3) is 11.8 Å². The lowest BCUT2D eigenvalue weighted by Gasteiger charge is -2.35. The van der Waals surface area contributed by atoms with Gasteiger partial charge in [0.1, 0.15) is 11.5 Å². The van der Waals surface area contributed by atoms with E-state index < -0.39 is 0 Å². The van der Waals surface area contributed by atoms with E-state index in [1.807, 2.05) is 12.1 Å². The molecule has 6 heteroatoms. The SMILES string of the molecule is COc1ccc(C(=O)N2CCN(C(=O)c3cccc(OCC(C)C)c3)CC2)cc1. The molecular weight excluding hydrogens is 368 g/mol. The topological polar surface area (TPSA) is 59.1 Å². The molecule has 0 aliphatic carbocycles. The summed E-state index contributed by atoms with van der Waals surface area (Å²) < 4.78 is 10.9. The quantitative estimate of drug-likeness (QED) is 0.752. The van der Waals surface area contributed by atoms with Gasteiger partial charge in [-0.3, -0.25) is 9.59 Å². The fourth-order valence-corrected chi connectivity index (χ4v) is 3.19. The van der Waals surface area contributed by atoms with Crippen LogP contribution in [-0.2, 0) is 0 Å². The maximum Gasteiger partial charge on any atom is 0.254 e. The zero-order valence-electron chi connectivity index (χ0n) is 17.3. The maximum atomic E-state index is 12.9. The largest absolute Gasteiger partial charge is 0.497 e. The van der Waals surface area contributed by atoms with Crippen molar-refractivity contribution >= 4 is 11.8 Å². The summed E-state index contributed by atoms with van der Waals surface area (Å²) in [5.74, 6) is 1.79. The van der Waals surface area contributed by atoms with Crippen molar-refractivity contribution < 1.29 is 19.1 Å². The van der Waals surface area contributed by atoms with Crippen LogP contribution in [0.25, 0.3) is 0 Å². The van der Waals surface area contributed by atoms with Crippen molar-refractivity contribution in [2.75, 3.05) is 39.9 Å². The summed E-state index contributed by atoms with van der Waals surface area (Å²) in [6, 6.07) is 14.4. The highest BCUT2D eigenvalue weighted by Gasteiger charge is 2.25. The van der Waals surface area contributed by atoms with Crippen molar-refractivity contribution in [2.45, 2.75) is 13.8 Å². The molecule has 2 amide bonds. The number of ether oxygens (including phenoxy) is 2. The van der Waals surface area contributed by atoms with E-state index in [9.17, 15) is 9.59 Å². The van der Waals surface area contributed by atoms with Gasteiger partial charge in [0, 0.05) is 37.3 Å². The number of amides is 2. The molecule has 3 rings (SSSR count). The summed E-state index contributed by atoms with van der Waals surface area (Å²) in [7, 11) is 1.60. The van der Waals surface area contributed by atoms with Gasteiger partial charge in [0.05, 0.1) is 13.7 Å². The van der Waals surface area contributed by atoms with Crippen molar-refractivity contribution in [2.24, 2.45) is 5.92 Å². The highest BCUT2D eigenvalue weighted by molar-refractivity contribution is 5.96. The van der Waals surface area contributed by atoms with Crippen LogP contribution in [0.5, 0.6) is 11.5 Å². The first-order valence-electron chi connectivity index (χ1n) is 9.93. The average molecular weight is 396 g/mol. The molecule has 1 aliphatic heterocycles. The van der Waals surface area contributed by atoms with Gasteiger partial charge in [-0.15, -0.1) is 0 Å². The zero-order chi connectivity index (χ0) is 20.8. The van der Waals surface area contributed by atoms with Crippen LogP contribution in [0.4, 0.5) is 0 Å². The summed E-state index contributed by atoms with van der Waals surface area (Å²) in [5, 5.41) is 0. The molecule has 0 bridgehead atoms. The van der Waals surface area contributed by atoms with Crippen LogP contribution < -0.4 is 9.47 Å². The molecular formula is C23H28N2O4. The van der Waals surface area contributed by atoms with Gasteiger partial charge < -0.3 is 19.3 Å². The number of methoxy groups -OCH3 is 1. The zero-order valence-corrected chi connectivity index (χ0v) is 17.3. The van der Waals surface area contributed by atoms with Gasteiger partial charge in [0.15, 0.2) is 0 Å². The van der Waals surface area contributed by atoms with Gasteiger partial charge in [-0.2, -0.15) is 0 Å². The fraction of sp³-hybridized carbons (Fsp3) is 0.391. The first-order valence-corrected chi connectivity index (χ1v) is 9.93. The Balaban J connectivity index is 1.57. The predicted molar refractivity (Wildman–Crippen MR) is 112 cm³/mol. The van der Waals surface area contributed by atoms with Crippen LogP contribution >= 0.6 is 0 Å². The second-order valence-electron chi connectivity index (χ2n) is 7.55. The monoisotopic (exact) mass is 396 g/mol. The van der Waals surface area contributed by atoms with Crippen LogP contribution in [0.1, 0.15) is 34.6 Å². The minimum atomic E-state index is -0.0310. The molecule has 154 valence electrons. The highest BCUT2D eigenvalue weighted by atomic mass is 16.5. The third-order valence-corrected chi connectivity index (χ3v) is 4.86. The lowest BCUT2D eigenvalue weighted by molar-refractivity contribution is 0.0535. The molecule has 0 spiro atoms. The number of hydrogen-bond donors (Lipinski definition) is 0. The van der Waals surface area contributed by atoms with Crippen LogP contribution in [-0.4, -0.2) is 61.5 Å². The minimum absolute atomic E-state index is 0.0242. The molecule has 0 N–H and O–H groups in total. The summed E-state index contributed by atoms with van der Waals surface area (Å²) in [4.78, 5) is 29.1. The minimum Gasteiger partial charge on any atom is -0.497 e. The Labute approximate surface area is 172 Å². The standard InChI is InChI=1S/C23H28N2O4/c1-17(2)16-29-21-6-4-5-19(15-21)23(27)25-13-11-24(12-14-25)22(26)18-7-9-20(28-3)10-8-18/h4-10,15,17H,11-14,16H2,1-3H3. The average Bonchev–Trinajstić information content (AvgIpc) is 2.77. The lowest BCUT2D eigenvalue weighted by atomic mass is 10.1. The third-order valence-electron chi connectivity index (χ3n) is 4.86. The maximum absolute atomic E-state index is 12.9. The van der Waals surface area contributed by atoms with E-state index >= 15 is 0 Å². The second kappa shape index (κ2) is 9.45. The van der Waals surface area contributed by atoms with Crippen LogP contribution in [0.3, 0.4) is 0 Å². The molecule has 29 heavy (non-hydrogen) atoms. The van der Waals surface area contributed by atoms with Gasteiger partial charge in [0.2, 0.25) is 0 Å². The number of rotatable bonds is 6. The summed E-state index contributed by atoms with van der Waals surface area (Å²) in [6.45, 7) is 6.84. The molecule has 1 saturated heterocycles. The molecule has 0 aromatic heterocycles. The van der Waals surface area contributed by atoms with Crippen LogP contribution in [0, 0.1) is 5.92 Å². The Hall–Kier alpha value is -3.02. The fourth-order valence-electron chi connectivity index (χ4n) is 3.19. The molecule has 1 fully saturated rings. The van der Waals surface area contributed by atoms with Crippen molar-refractivity contribution in [3.8, 4) is 11.5 Å². The molecule has 0 saturated carbocycles. The van der Waals surface area contributed by atoms with E-state index in [0.717, 1.165) is 5.75 Å². The number of carbonyl (C=O) groups excluding carboxylic acids is 2.